The number of esters is 1. The summed E-state index contributed by atoms with van der Waals surface area (Å²) in [6.45, 7) is 14.9. The van der Waals surface area contributed by atoms with Crippen molar-refractivity contribution >= 4 is 5.97 Å². The summed E-state index contributed by atoms with van der Waals surface area (Å²) in [6.07, 6.45) is 40.5. The molecule has 268 valence electrons. The van der Waals surface area contributed by atoms with Gasteiger partial charge in [-0.25, -0.2) is 0 Å². The molecule has 2 nitrogen and oxygen atoms in total. The monoisotopic (exact) mass is 649 g/mol. The third-order valence-electron chi connectivity index (χ3n) is 13.9. The molecule has 0 unspecified atom stereocenters. The van der Waals surface area contributed by atoms with Crippen molar-refractivity contribution in [3.05, 3.63) is 36.0 Å². The second-order valence-electron chi connectivity index (χ2n) is 17.6. The number of allylic oxidation sites excluding steroid dienone is 5. The first kappa shape index (κ1) is 38.5. The number of carbonyl (C=O) groups excluding carboxylic acids is 1. The zero-order valence-electron chi connectivity index (χ0n) is 32.0. The summed E-state index contributed by atoms with van der Waals surface area (Å²) in [5.41, 5.74) is 2.52. The molecule has 3 saturated carbocycles. The van der Waals surface area contributed by atoms with Crippen LogP contribution in [0.1, 0.15) is 189 Å². The molecule has 3 fully saturated rings. The van der Waals surface area contributed by atoms with Crippen LogP contribution in [0.4, 0.5) is 0 Å². The fourth-order valence-corrected chi connectivity index (χ4v) is 11.1. The van der Waals surface area contributed by atoms with E-state index < -0.39 is 0 Å². The quantitative estimate of drug-likeness (QED) is 0.0746. The van der Waals surface area contributed by atoms with E-state index in [2.05, 4.69) is 71.9 Å². The summed E-state index contributed by atoms with van der Waals surface area (Å²) in [6, 6.07) is 0. The van der Waals surface area contributed by atoms with E-state index in [0.717, 1.165) is 67.6 Å². The number of hydrogen-bond acceptors (Lipinski definition) is 2. The molecule has 0 amide bonds. The van der Waals surface area contributed by atoms with Crippen molar-refractivity contribution in [3.63, 3.8) is 0 Å². The van der Waals surface area contributed by atoms with Gasteiger partial charge in [0, 0.05) is 12.8 Å². The van der Waals surface area contributed by atoms with Gasteiger partial charge < -0.3 is 4.74 Å². The zero-order valence-corrected chi connectivity index (χ0v) is 32.0. The van der Waals surface area contributed by atoms with Crippen LogP contribution >= 0.6 is 0 Å². The largest absolute Gasteiger partial charge is 0.462 e. The molecule has 8 atom stereocenters. The van der Waals surface area contributed by atoms with E-state index in [1.165, 1.54) is 109 Å². The number of ether oxygens (including phenoxy) is 1. The highest BCUT2D eigenvalue weighted by Crippen LogP contribution is 2.67. The summed E-state index contributed by atoms with van der Waals surface area (Å²) in [4.78, 5) is 12.8. The Morgan fingerprint density at radius 1 is 0.830 bits per heavy atom. The van der Waals surface area contributed by atoms with Crippen LogP contribution in [-0.2, 0) is 9.53 Å². The lowest BCUT2D eigenvalue weighted by molar-refractivity contribution is -0.151. The Labute approximate surface area is 292 Å². The molecule has 47 heavy (non-hydrogen) atoms. The van der Waals surface area contributed by atoms with Crippen LogP contribution in [0.3, 0.4) is 0 Å². The number of hydrogen-bond donors (Lipinski definition) is 0. The predicted molar refractivity (Wildman–Crippen MR) is 202 cm³/mol. The SMILES string of the molecule is CCCCC/C=C\C/C=C\CCCCCCCC(=O)O[C@@H]1CC[C@@]2(C)C(=CC[C@H]3[C@H]4CC[C@H]([C@H](C)CCCC(C)C)[C@@]4(C)CC[C@@H]32)C1. The Morgan fingerprint density at radius 3 is 2.30 bits per heavy atom. The van der Waals surface area contributed by atoms with Crippen LogP contribution in [0.2, 0.25) is 0 Å². The van der Waals surface area contributed by atoms with E-state index >= 15 is 0 Å². The van der Waals surface area contributed by atoms with E-state index in [-0.39, 0.29) is 12.1 Å². The molecule has 4 aliphatic rings. The van der Waals surface area contributed by atoms with Crippen LogP contribution in [0.25, 0.3) is 0 Å². The van der Waals surface area contributed by atoms with Gasteiger partial charge in [0.2, 0.25) is 0 Å². The lowest BCUT2D eigenvalue weighted by Gasteiger charge is -2.58. The Morgan fingerprint density at radius 2 is 1.55 bits per heavy atom. The first-order chi connectivity index (χ1) is 22.7. The lowest BCUT2D eigenvalue weighted by Crippen LogP contribution is -2.51. The summed E-state index contributed by atoms with van der Waals surface area (Å²) in [5, 5.41) is 0. The van der Waals surface area contributed by atoms with Gasteiger partial charge in [0.15, 0.2) is 0 Å². The highest BCUT2D eigenvalue weighted by Gasteiger charge is 2.59. The molecular weight excluding hydrogens is 572 g/mol. The molecule has 0 radical (unpaired) electrons. The van der Waals surface area contributed by atoms with Gasteiger partial charge in [-0.15, -0.1) is 0 Å². The maximum Gasteiger partial charge on any atom is 0.306 e. The highest BCUT2D eigenvalue weighted by molar-refractivity contribution is 5.69. The van der Waals surface area contributed by atoms with Crippen molar-refractivity contribution in [3.8, 4) is 0 Å². The topological polar surface area (TPSA) is 26.3 Å². The van der Waals surface area contributed by atoms with Crippen LogP contribution in [0.15, 0.2) is 36.0 Å². The van der Waals surface area contributed by atoms with E-state index in [9.17, 15) is 4.79 Å². The average molecular weight is 649 g/mol. The summed E-state index contributed by atoms with van der Waals surface area (Å²) >= 11 is 0. The minimum Gasteiger partial charge on any atom is -0.462 e. The first-order valence-corrected chi connectivity index (χ1v) is 20.9. The van der Waals surface area contributed by atoms with Gasteiger partial charge in [0.1, 0.15) is 6.10 Å². The highest BCUT2D eigenvalue weighted by atomic mass is 16.5. The number of fused-ring (bicyclic) bond motifs is 5. The Kier molecular flexibility index (Phi) is 15.7. The molecule has 4 rings (SSSR count). The molecule has 2 heteroatoms. The van der Waals surface area contributed by atoms with Gasteiger partial charge in [0.25, 0.3) is 0 Å². The van der Waals surface area contributed by atoms with Crippen LogP contribution < -0.4 is 0 Å². The fraction of sp³-hybridized carbons (Fsp3) is 0.844. The fourth-order valence-electron chi connectivity index (χ4n) is 11.1. The molecule has 0 spiro atoms. The number of rotatable bonds is 20. The summed E-state index contributed by atoms with van der Waals surface area (Å²) in [5.74, 6) is 5.30. The van der Waals surface area contributed by atoms with Gasteiger partial charge in [-0.1, -0.05) is 129 Å². The number of unbranched alkanes of at least 4 members (excludes halogenated alkanes) is 8. The molecule has 0 N–H and O–H groups in total. The molecule has 4 aliphatic carbocycles. The van der Waals surface area contributed by atoms with Crippen molar-refractivity contribution in [1.82, 2.24) is 0 Å². The standard InChI is InChI=1S/C45H76O2/c1-7-8-9-10-11-12-13-14-15-16-17-18-19-20-21-25-43(46)47-38-30-32-44(5)37(34-38)26-27-39-41-29-28-40(36(4)24-22-23-35(2)3)45(41,6)33-31-42(39)44/h11-12,14-15,26,35-36,38-42H,7-10,13,16-25,27-34H2,1-6H3/b12-11-,15-14-/t36-,38-,39+,40-,41-,42+,44+,45-/m1/s1. The summed E-state index contributed by atoms with van der Waals surface area (Å²) < 4.78 is 6.12. The average Bonchev–Trinajstić information content (AvgIpc) is 3.40. The van der Waals surface area contributed by atoms with Crippen LogP contribution in [0.5, 0.6) is 0 Å². The summed E-state index contributed by atoms with van der Waals surface area (Å²) in [7, 11) is 0. The molecule has 0 aromatic heterocycles. The van der Waals surface area contributed by atoms with E-state index in [1.54, 1.807) is 5.57 Å². The molecular formula is C45H76O2. The Balaban J connectivity index is 1.13. The van der Waals surface area contributed by atoms with E-state index in [4.69, 9.17) is 4.74 Å². The smallest absolute Gasteiger partial charge is 0.306 e. The lowest BCUT2D eigenvalue weighted by atomic mass is 9.47. The van der Waals surface area contributed by atoms with Crippen molar-refractivity contribution in [2.24, 2.45) is 46.3 Å². The van der Waals surface area contributed by atoms with Crippen LogP contribution in [0, 0.1) is 46.3 Å². The molecule has 0 aliphatic heterocycles. The van der Waals surface area contributed by atoms with Crippen molar-refractivity contribution in [2.45, 2.75) is 195 Å². The van der Waals surface area contributed by atoms with Crippen molar-refractivity contribution < 1.29 is 9.53 Å². The van der Waals surface area contributed by atoms with Crippen molar-refractivity contribution in [2.75, 3.05) is 0 Å². The Hall–Kier alpha value is -1.31. The third kappa shape index (κ3) is 10.6. The molecule has 0 aromatic carbocycles. The van der Waals surface area contributed by atoms with E-state index in [1.807, 2.05) is 0 Å². The minimum absolute atomic E-state index is 0.0477. The maximum absolute atomic E-state index is 12.8. The molecule has 0 bridgehead atoms. The predicted octanol–water partition coefficient (Wildman–Crippen LogP) is 13.8. The van der Waals surface area contributed by atoms with Gasteiger partial charge in [0.05, 0.1) is 0 Å². The maximum atomic E-state index is 12.8. The second-order valence-corrected chi connectivity index (χ2v) is 17.6. The minimum atomic E-state index is 0.0477. The van der Waals surface area contributed by atoms with Gasteiger partial charge in [-0.3, -0.25) is 4.79 Å². The van der Waals surface area contributed by atoms with E-state index in [0.29, 0.717) is 17.3 Å². The molecule has 0 saturated heterocycles. The van der Waals surface area contributed by atoms with Crippen molar-refractivity contribution in [1.29, 1.82) is 0 Å². The van der Waals surface area contributed by atoms with Gasteiger partial charge >= 0.3 is 5.97 Å². The number of carbonyl (C=O) groups is 1. The van der Waals surface area contributed by atoms with Gasteiger partial charge in [-0.2, -0.15) is 0 Å². The molecule has 0 heterocycles. The zero-order chi connectivity index (χ0) is 33.7. The Bertz CT molecular complexity index is 1020. The molecule has 0 aromatic rings. The van der Waals surface area contributed by atoms with Crippen LogP contribution in [-0.4, -0.2) is 12.1 Å². The van der Waals surface area contributed by atoms with Gasteiger partial charge in [-0.05, 0) is 130 Å². The first-order valence-electron chi connectivity index (χ1n) is 20.9. The normalized spacial score (nSPS) is 32.7. The second kappa shape index (κ2) is 19.2. The third-order valence-corrected chi connectivity index (χ3v) is 13.9.